The van der Waals surface area contributed by atoms with Crippen molar-refractivity contribution in [1.82, 2.24) is 15.4 Å². The third-order valence-corrected chi connectivity index (χ3v) is 6.78. The summed E-state index contributed by atoms with van der Waals surface area (Å²) in [5.74, 6) is -1.59. The van der Waals surface area contributed by atoms with Crippen LogP contribution < -0.4 is 15.4 Å². The molecule has 9 nitrogen and oxygen atoms in total. The van der Waals surface area contributed by atoms with Gasteiger partial charge in [0.15, 0.2) is 0 Å². The van der Waals surface area contributed by atoms with E-state index < -0.39 is 45.9 Å². The second kappa shape index (κ2) is 14.2. The minimum atomic E-state index is -3.96. The Hall–Kier alpha value is -2.46. The van der Waals surface area contributed by atoms with Crippen LogP contribution in [0, 0.1) is 18.8 Å². The van der Waals surface area contributed by atoms with Gasteiger partial charge in [0.2, 0.25) is 21.8 Å². The molecule has 0 unspecified atom stereocenters. The highest BCUT2D eigenvalue weighted by Crippen LogP contribution is 2.14. The molecule has 2 amide bonds. The molecular weight excluding hydrogens is 470 g/mol. The molecular formula is C25H41N3O6S. The number of hydrogen-bond acceptors (Lipinski definition) is 6. The zero-order valence-corrected chi connectivity index (χ0v) is 22.7. The van der Waals surface area contributed by atoms with Gasteiger partial charge in [0, 0.05) is 0 Å². The lowest BCUT2D eigenvalue weighted by Gasteiger charge is -2.26. The van der Waals surface area contributed by atoms with E-state index in [-0.39, 0.29) is 29.8 Å². The van der Waals surface area contributed by atoms with Crippen LogP contribution in [-0.4, -0.2) is 50.9 Å². The zero-order valence-electron chi connectivity index (χ0n) is 21.9. The summed E-state index contributed by atoms with van der Waals surface area (Å²) in [4.78, 5) is 38.4. The largest absolute Gasteiger partial charge is 0.464 e. The first-order chi connectivity index (χ1) is 16.3. The van der Waals surface area contributed by atoms with Gasteiger partial charge in [-0.05, 0) is 57.1 Å². The monoisotopic (exact) mass is 511 g/mol. The number of ether oxygens (including phenoxy) is 1. The topological polar surface area (TPSA) is 131 Å². The number of carbonyl (C=O) groups excluding carboxylic acids is 3. The molecule has 0 aromatic heterocycles. The van der Waals surface area contributed by atoms with Gasteiger partial charge in [-0.2, -0.15) is 4.72 Å². The molecule has 0 bridgehead atoms. The first-order valence-electron chi connectivity index (χ1n) is 12.2. The Labute approximate surface area is 209 Å². The van der Waals surface area contributed by atoms with Crippen molar-refractivity contribution in [2.75, 3.05) is 6.61 Å². The molecule has 0 aliphatic carbocycles. The molecule has 10 heteroatoms. The lowest BCUT2D eigenvalue weighted by atomic mass is 10.00. The van der Waals surface area contributed by atoms with Crippen LogP contribution in [0.15, 0.2) is 29.2 Å². The van der Waals surface area contributed by atoms with E-state index in [1.165, 1.54) is 12.1 Å². The minimum Gasteiger partial charge on any atom is -0.464 e. The molecule has 0 saturated carbocycles. The van der Waals surface area contributed by atoms with E-state index in [0.717, 1.165) is 5.56 Å². The van der Waals surface area contributed by atoms with Crippen LogP contribution in [0.4, 0.5) is 0 Å². The molecule has 0 radical (unpaired) electrons. The highest BCUT2D eigenvalue weighted by Gasteiger charge is 2.31. The molecule has 35 heavy (non-hydrogen) atoms. The number of aryl methyl sites for hydroxylation is 1. The normalized spacial score (nSPS) is 14.3. The van der Waals surface area contributed by atoms with E-state index in [0.29, 0.717) is 12.8 Å². The van der Waals surface area contributed by atoms with Crippen molar-refractivity contribution in [3.8, 4) is 0 Å². The fraction of sp³-hybridized carbons (Fsp3) is 0.640. The maximum Gasteiger partial charge on any atom is 0.328 e. The smallest absolute Gasteiger partial charge is 0.328 e. The van der Waals surface area contributed by atoms with Crippen LogP contribution in [0.3, 0.4) is 0 Å². The maximum absolute atomic E-state index is 13.2. The van der Waals surface area contributed by atoms with Crippen molar-refractivity contribution in [3.05, 3.63) is 29.8 Å². The third-order valence-electron chi connectivity index (χ3n) is 5.29. The zero-order chi connectivity index (χ0) is 26.8. The van der Waals surface area contributed by atoms with Crippen LogP contribution >= 0.6 is 0 Å². The van der Waals surface area contributed by atoms with Gasteiger partial charge in [-0.1, -0.05) is 52.3 Å². The van der Waals surface area contributed by atoms with Crippen molar-refractivity contribution >= 4 is 27.8 Å². The fourth-order valence-corrected chi connectivity index (χ4v) is 4.68. The second-order valence-corrected chi connectivity index (χ2v) is 11.2. The summed E-state index contributed by atoms with van der Waals surface area (Å²) in [5, 5.41) is 5.36. The lowest BCUT2D eigenvalue weighted by molar-refractivity contribution is -0.147. The van der Waals surface area contributed by atoms with Gasteiger partial charge in [-0.3, -0.25) is 9.59 Å². The average molecular weight is 512 g/mol. The maximum atomic E-state index is 13.2. The predicted molar refractivity (Wildman–Crippen MR) is 135 cm³/mol. The van der Waals surface area contributed by atoms with Gasteiger partial charge in [0.1, 0.15) is 18.1 Å². The minimum absolute atomic E-state index is 0.0112. The van der Waals surface area contributed by atoms with Crippen LogP contribution in [-0.2, 0) is 29.1 Å². The Morgan fingerprint density at radius 1 is 0.829 bits per heavy atom. The SMILES string of the molecule is CCOC(=O)[C@H](CC)NC(=O)[C@H](CC(C)C)NC(=O)[C@H](CC(C)C)NS(=O)(=O)c1ccc(C)cc1. The van der Waals surface area contributed by atoms with Crippen molar-refractivity contribution in [2.24, 2.45) is 11.8 Å². The van der Waals surface area contributed by atoms with Gasteiger partial charge in [0.25, 0.3) is 0 Å². The average Bonchev–Trinajstić information content (AvgIpc) is 2.75. The molecule has 0 aliphatic heterocycles. The van der Waals surface area contributed by atoms with Crippen molar-refractivity contribution in [3.63, 3.8) is 0 Å². The number of sulfonamides is 1. The van der Waals surface area contributed by atoms with E-state index in [1.54, 1.807) is 26.0 Å². The molecule has 1 rings (SSSR count). The van der Waals surface area contributed by atoms with Crippen LogP contribution in [0.2, 0.25) is 0 Å². The van der Waals surface area contributed by atoms with Gasteiger partial charge in [-0.15, -0.1) is 0 Å². The van der Waals surface area contributed by atoms with E-state index >= 15 is 0 Å². The molecule has 0 spiro atoms. The standard InChI is InChI=1S/C25H41N3O6S/c1-8-20(25(31)34-9-2)26-23(29)21(14-16(3)4)27-24(30)22(15-17(5)6)28-35(32,33)19-12-10-18(7)11-13-19/h10-13,16-17,20-22,28H,8-9,14-15H2,1-7H3,(H,26,29)(H,27,30)/t20-,21-,22-/m0/s1. The molecule has 0 aliphatic rings. The van der Waals surface area contributed by atoms with Gasteiger partial charge in [0.05, 0.1) is 11.5 Å². The summed E-state index contributed by atoms with van der Waals surface area (Å²) in [5.41, 5.74) is 0.913. The molecule has 198 valence electrons. The highest BCUT2D eigenvalue weighted by atomic mass is 32.2. The van der Waals surface area contributed by atoms with Crippen molar-refractivity contribution in [2.45, 2.75) is 90.7 Å². The quantitative estimate of drug-likeness (QED) is 0.329. The summed E-state index contributed by atoms with van der Waals surface area (Å²) >= 11 is 0. The number of carbonyl (C=O) groups is 3. The van der Waals surface area contributed by atoms with E-state index in [2.05, 4.69) is 15.4 Å². The summed E-state index contributed by atoms with van der Waals surface area (Å²) < 4.78 is 33.4. The molecule has 1 aromatic rings. The van der Waals surface area contributed by atoms with Crippen molar-refractivity contribution < 1.29 is 27.5 Å². The summed E-state index contributed by atoms with van der Waals surface area (Å²) in [6.07, 6.45) is 0.891. The third kappa shape index (κ3) is 10.4. The van der Waals surface area contributed by atoms with E-state index in [9.17, 15) is 22.8 Å². The summed E-state index contributed by atoms with van der Waals surface area (Å²) in [7, 11) is -3.96. The summed E-state index contributed by atoms with van der Waals surface area (Å²) in [6.45, 7) is 13.0. The number of hydrogen-bond donors (Lipinski definition) is 3. The first-order valence-corrected chi connectivity index (χ1v) is 13.6. The number of rotatable bonds is 14. The van der Waals surface area contributed by atoms with Crippen molar-refractivity contribution in [1.29, 1.82) is 0 Å². The Bertz CT molecular complexity index is 944. The highest BCUT2D eigenvalue weighted by molar-refractivity contribution is 7.89. The molecule has 0 heterocycles. The number of esters is 1. The Kier molecular flexibility index (Phi) is 12.4. The molecule has 0 fully saturated rings. The fourth-order valence-electron chi connectivity index (χ4n) is 3.47. The number of benzene rings is 1. The van der Waals surface area contributed by atoms with Crippen LogP contribution in [0.25, 0.3) is 0 Å². The van der Waals surface area contributed by atoms with Gasteiger partial charge in [-0.25, -0.2) is 13.2 Å². The van der Waals surface area contributed by atoms with E-state index in [1.807, 2.05) is 34.6 Å². The predicted octanol–water partition coefficient (Wildman–Crippen LogP) is 2.68. The van der Waals surface area contributed by atoms with Crippen LogP contribution in [0.5, 0.6) is 0 Å². The van der Waals surface area contributed by atoms with Crippen LogP contribution in [0.1, 0.15) is 66.4 Å². The molecule has 3 N–H and O–H groups in total. The molecule has 3 atom stereocenters. The molecule has 1 aromatic carbocycles. The Morgan fingerprint density at radius 2 is 1.31 bits per heavy atom. The second-order valence-electron chi connectivity index (χ2n) is 9.53. The Morgan fingerprint density at radius 3 is 1.80 bits per heavy atom. The first kappa shape index (κ1) is 30.6. The lowest BCUT2D eigenvalue weighted by Crippen LogP contribution is -2.56. The van der Waals surface area contributed by atoms with Gasteiger partial charge < -0.3 is 15.4 Å². The van der Waals surface area contributed by atoms with Gasteiger partial charge >= 0.3 is 5.97 Å². The molecule has 0 saturated heterocycles. The Balaban J connectivity index is 3.09. The number of nitrogens with one attached hydrogen (secondary N) is 3. The van der Waals surface area contributed by atoms with E-state index in [4.69, 9.17) is 4.74 Å². The summed E-state index contributed by atoms with van der Waals surface area (Å²) in [6, 6.07) is 3.49. The number of amides is 2.